The highest BCUT2D eigenvalue weighted by atomic mass is 32.2. The Morgan fingerprint density at radius 2 is 1.73 bits per heavy atom. The lowest BCUT2D eigenvalue weighted by Crippen LogP contribution is -2.28. The second-order valence-corrected chi connectivity index (χ2v) is 10.5. The molecule has 4 aromatic rings. The summed E-state index contributed by atoms with van der Waals surface area (Å²) in [6, 6.07) is 9.38. The fourth-order valence-electron chi connectivity index (χ4n) is 4.14. The zero-order valence-corrected chi connectivity index (χ0v) is 22.2. The van der Waals surface area contributed by atoms with Gasteiger partial charge in [-0.05, 0) is 43.7 Å². The molecule has 3 heterocycles. The minimum Gasteiger partial charge on any atom is -0.477 e. The molecule has 218 valence electrons. The average molecular weight is 595 g/mol. The van der Waals surface area contributed by atoms with Crippen LogP contribution in [0.5, 0.6) is 0 Å². The van der Waals surface area contributed by atoms with Crippen LogP contribution >= 0.6 is 0 Å². The van der Waals surface area contributed by atoms with Gasteiger partial charge in [0.1, 0.15) is 17.2 Å². The predicted octanol–water partition coefficient (Wildman–Crippen LogP) is 2.46. The van der Waals surface area contributed by atoms with Gasteiger partial charge in [-0.1, -0.05) is 17.7 Å². The lowest BCUT2D eigenvalue weighted by atomic mass is 10.1. The van der Waals surface area contributed by atoms with Crippen LogP contribution in [-0.2, 0) is 10.1 Å². The summed E-state index contributed by atoms with van der Waals surface area (Å²) in [5, 5.41) is 9.00. The van der Waals surface area contributed by atoms with Crippen LogP contribution in [0.15, 0.2) is 64.4 Å². The minimum atomic E-state index is -4.02. The van der Waals surface area contributed by atoms with Crippen LogP contribution < -0.4 is 16.1 Å². The molecular weight excluding hydrogens is 569 g/mol. The van der Waals surface area contributed by atoms with Gasteiger partial charge < -0.3 is 21.2 Å². The van der Waals surface area contributed by atoms with Crippen LogP contribution in [0, 0.1) is 24.4 Å². The number of anilines is 1. The van der Waals surface area contributed by atoms with Crippen LogP contribution in [0.1, 0.15) is 22.3 Å². The second-order valence-electron chi connectivity index (χ2n) is 9.09. The van der Waals surface area contributed by atoms with Crippen LogP contribution in [-0.4, -0.2) is 58.2 Å². The van der Waals surface area contributed by atoms with Crippen molar-refractivity contribution in [2.24, 2.45) is 5.73 Å². The molecule has 2 aromatic carbocycles. The Hall–Kier alpha value is -4.31. The molecule has 6 N–H and O–H groups in total. The number of fused-ring (bicyclic) bond motifs is 1. The van der Waals surface area contributed by atoms with Crippen molar-refractivity contribution in [2.45, 2.75) is 24.3 Å². The first-order valence-electron chi connectivity index (χ1n) is 11.8. The van der Waals surface area contributed by atoms with E-state index in [-0.39, 0.29) is 39.0 Å². The molecule has 11 nitrogen and oxygen atoms in total. The molecule has 0 bridgehead atoms. The summed E-state index contributed by atoms with van der Waals surface area (Å²) in [6.07, 6.45) is 1.52. The van der Waals surface area contributed by atoms with E-state index in [4.69, 9.17) is 10.3 Å². The van der Waals surface area contributed by atoms with Gasteiger partial charge in [0.25, 0.3) is 10.1 Å². The molecule has 0 amide bonds. The molecule has 1 fully saturated rings. The molecule has 1 aliphatic rings. The van der Waals surface area contributed by atoms with E-state index < -0.39 is 44.5 Å². The normalized spacial score (nSPS) is 14.8. The smallest absolute Gasteiger partial charge is 0.341 e. The SMILES string of the molecule is Cc1ccc(S(=O)(=O)O)cc1.N[C@@H]1CCN(c2nc3c(cc2F)c(=O)c(C(=O)O)cn3-c2ccc(F)cc2F)C1.O. The maximum Gasteiger partial charge on any atom is 0.341 e. The van der Waals surface area contributed by atoms with Crippen molar-refractivity contribution in [3.63, 3.8) is 0 Å². The van der Waals surface area contributed by atoms with Gasteiger partial charge in [-0.2, -0.15) is 8.42 Å². The van der Waals surface area contributed by atoms with E-state index in [1.54, 1.807) is 17.0 Å². The van der Waals surface area contributed by atoms with Crippen molar-refractivity contribution in [1.82, 2.24) is 9.55 Å². The fourth-order valence-corrected chi connectivity index (χ4v) is 4.62. The van der Waals surface area contributed by atoms with Gasteiger partial charge in [-0.25, -0.2) is 22.9 Å². The van der Waals surface area contributed by atoms with Gasteiger partial charge in [0.05, 0.1) is 16.0 Å². The number of hydrogen-bond acceptors (Lipinski definition) is 7. The Morgan fingerprint density at radius 3 is 2.27 bits per heavy atom. The summed E-state index contributed by atoms with van der Waals surface area (Å²) in [5.41, 5.74) is 4.78. The lowest BCUT2D eigenvalue weighted by Gasteiger charge is -2.19. The van der Waals surface area contributed by atoms with Crippen LogP contribution in [0.25, 0.3) is 16.7 Å². The summed E-state index contributed by atoms with van der Waals surface area (Å²) in [5.74, 6) is -4.30. The van der Waals surface area contributed by atoms with E-state index in [0.717, 1.165) is 34.5 Å². The van der Waals surface area contributed by atoms with Gasteiger partial charge in [0.2, 0.25) is 5.43 Å². The van der Waals surface area contributed by atoms with Crippen molar-refractivity contribution in [1.29, 1.82) is 0 Å². The molecular formula is C26H25F3N4O7S. The number of pyridine rings is 2. The zero-order valence-electron chi connectivity index (χ0n) is 21.4. The Morgan fingerprint density at radius 1 is 1.07 bits per heavy atom. The van der Waals surface area contributed by atoms with Crippen molar-refractivity contribution in [2.75, 3.05) is 18.0 Å². The van der Waals surface area contributed by atoms with Crippen LogP contribution in [0.2, 0.25) is 0 Å². The summed E-state index contributed by atoms with van der Waals surface area (Å²) >= 11 is 0. The number of halogens is 3. The van der Waals surface area contributed by atoms with Crippen LogP contribution in [0.4, 0.5) is 19.0 Å². The number of nitrogens with two attached hydrogens (primary N) is 1. The Labute approximate surface area is 231 Å². The number of nitrogens with zero attached hydrogens (tertiary/aromatic N) is 3. The number of carboxylic acid groups (broad SMARTS) is 1. The molecule has 0 aliphatic carbocycles. The van der Waals surface area contributed by atoms with E-state index in [9.17, 15) is 36.3 Å². The van der Waals surface area contributed by atoms with Crippen molar-refractivity contribution >= 4 is 32.9 Å². The average Bonchev–Trinajstić information content (AvgIpc) is 3.30. The van der Waals surface area contributed by atoms with Gasteiger partial charge in [-0.3, -0.25) is 13.9 Å². The molecule has 1 saturated heterocycles. The number of hydrogen-bond donors (Lipinski definition) is 3. The Balaban J connectivity index is 0.000000326. The highest BCUT2D eigenvalue weighted by molar-refractivity contribution is 7.85. The lowest BCUT2D eigenvalue weighted by molar-refractivity contribution is 0.0695. The molecule has 15 heteroatoms. The van der Waals surface area contributed by atoms with Gasteiger partial charge >= 0.3 is 5.97 Å². The number of aromatic nitrogens is 2. The molecule has 2 aromatic heterocycles. The largest absolute Gasteiger partial charge is 0.477 e. The van der Waals surface area contributed by atoms with E-state index in [1.807, 2.05) is 6.92 Å². The minimum absolute atomic E-state index is 0. The summed E-state index contributed by atoms with van der Waals surface area (Å²) in [7, 11) is -4.02. The number of aryl methyl sites for hydroxylation is 1. The maximum absolute atomic E-state index is 14.7. The molecule has 0 unspecified atom stereocenters. The quantitative estimate of drug-likeness (QED) is 0.298. The van der Waals surface area contributed by atoms with E-state index >= 15 is 0 Å². The number of rotatable bonds is 4. The molecule has 0 saturated carbocycles. The standard InChI is InChI=1S/C19H15F3N4O3.C7H8O3S.H2O/c20-9-1-2-15(13(21)5-9)26-8-12(19(28)29)16(27)11-6-14(22)18(24-17(11)26)25-4-3-10(23)7-25;1-6-2-4-7(5-3-6)11(8,9)10;/h1-2,5-6,8,10H,3-4,7,23H2,(H,28,29);2-5H,1H3,(H,8,9,10);1H2/t10-;;/m1../s1. The third-order valence-electron chi connectivity index (χ3n) is 6.16. The molecule has 0 radical (unpaired) electrons. The number of carbonyl (C=O) groups is 1. The molecule has 1 atom stereocenters. The highest BCUT2D eigenvalue weighted by Gasteiger charge is 2.26. The Kier molecular flexibility index (Phi) is 9.18. The van der Waals surface area contributed by atoms with Crippen LogP contribution in [0.3, 0.4) is 0 Å². The van der Waals surface area contributed by atoms with E-state index in [1.165, 1.54) is 12.1 Å². The first-order valence-corrected chi connectivity index (χ1v) is 13.2. The van der Waals surface area contributed by atoms with E-state index in [2.05, 4.69) is 4.98 Å². The monoisotopic (exact) mass is 594 g/mol. The zero-order chi connectivity index (χ0) is 29.4. The molecule has 1 aliphatic heterocycles. The molecule has 5 rings (SSSR count). The van der Waals surface area contributed by atoms with Crippen molar-refractivity contribution in [3.05, 3.63) is 93.5 Å². The number of benzene rings is 2. The molecule has 41 heavy (non-hydrogen) atoms. The topological polar surface area (TPSA) is 187 Å². The van der Waals surface area contributed by atoms with Gasteiger partial charge in [0, 0.05) is 31.4 Å². The third-order valence-corrected chi connectivity index (χ3v) is 7.02. The number of carboxylic acids is 1. The fraction of sp³-hybridized carbons (Fsp3) is 0.192. The summed E-state index contributed by atoms with van der Waals surface area (Å²) < 4.78 is 73.0. The van der Waals surface area contributed by atoms with Gasteiger partial charge in [0.15, 0.2) is 17.3 Å². The number of aromatic carboxylic acids is 1. The first kappa shape index (κ1) is 31.2. The van der Waals surface area contributed by atoms with Gasteiger partial charge in [-0.15, -0.1) is 0 Å². The third kappa shape index (κ3) is 6.71. The van der Waals surface area contributed by atoms with E-state index in [0.29, 0.717) is 25.6 Å². The summed E-state index contributed by atoms with van der Waals surface area (Å²) in [4.78, 5) is 29.8. The second kappa shape index (κ2) is 12.1. The maximum atomic E-state index is 14.7. The Bertz CT molecular complexity index is 1780. The van der Waals surface area contributed by atoms with Crippen molar-refractivity contribution < 1.29 is 41.5 Å². The predicted molar refractivity (Wildman–Crippen MR) is 144 cm³/mol. The highest BCUT2D eigenvalue weighted by Crippen LogP contribution is 2.26. The molecule has 0 spiro atoms. The first-order chi connectivity index (χ1) is 18.8. The summed E-state index contributed by atoms with van der Waals surface area (Å²) in [6.45, 7) is 2.63. The van der Waals surface area contributed by atoms with Crippen molar-refractivity contribution in [3.8, 4) is 5.69 Å².